The van der Waals surface area contributed by atoms with Gasteiger partial charge in [-0.2, -0.15) is 0 Å². The molecule has 0 heterocycles. The van der Waals surface area contributed by atoms with Gasteiger partial charge in [0.2, 0.25) is 0 Å². The number of halogens is 1. The smallest absolute Gasteiger partial charge is 0.260 e. The van der Waals surface area contributed by atoms with E-state index in [0.29, 0.717) is 18.5 Å². The second-order valence-electron chi connectivity index (χ2n) is 3.36. The number of amides is 1. The van der Waals surface area contributed by atoms with Gasteiger partial charge in [0.15, 0.2) is 6.61 Å². The largest absolute Gasteiger partial charge is 0.386 e. The molecule has 0 spiro atoms. The van der Waals surface area contributed by atoms with Gasteiger partial charge < -0.3 is 10.2 Å². The van der Waals surface area contributed by atoms with Gasteiger partial charge >= 0.3 is 0 Å². The number of terminal acetylenes is 1. The topological polar surface area (TPSA) is 50.7 Å². The quantitative estimate of drug-likeness (QED) is 0.357. The average Bonchev–Trinajstić information content (AvgIpc) is 2.37. The molecule has 0 aliphatic rings. The minimum absolute atomic E-state index is 0.178. The molecule has 4 nitrogen and oxygen atoms in total. The van der Waals surface area contributed by atoms with Gasteiger partial charge in [-0.3, -0.25) is 4.79 Å². The van der Waals surface area contributed by atoms with Gasteiger partial charge in [0.05, 0.1) is 6.21 Å². The summed E-state index contributed by atoms with van der Waals surface area (Å²) in [6.45, 7) is 0.239. The Bertz CT molecular complexity index is 449. The molecular formula is C13H13FN2O2. The molecular weight excluding hydrogens is 234 g/mol. The molecule has 94 valence electrons. The zero-order chi connectivity index (χ0) is 13.2. The van der Waals surface area contributed by atoms with Crippen LogP contribution in [0.15, 0.2) is 29.4 Å². The highest BCUT2D eigenvalue weighted by Gasteiger charge is 1.98. The van der Waals surface area contributed by atoms with E-state index in [1.165, 1.54) is 18.3 Å². The van der Waals surface area contributed by atoms with Crippen LogP contribution >= 0.6 is 0 Å². The van der Waals surface area contributed by atoms with Gasteiger partial charge in [-0.25, -0.2) is 4.39 Å². The standard InChI is InChI=1S/C13H13FN2O2/c1-2-3-8-15-13(17)10-18-16-9-11-4-6-12(14)7-5-11/h1,4-7,9H,3,8,10H2,(H,15,17)/b16-9+/i14-1. The van der Waals surface area contributed by atoms with Gasteiger partial charge in [-0.15, -0.1) is 12.3 Å². The van der Waals surface area contributed by atoms with E-state index in [4.69, 9.17) is 11.3 Å². The Hall–Kier alpha value is -2.35. The molecule has 0 fully saturated rings. The molecule has 18 heavy (non-hydrogen) atoms. The molecule has 1 aromatic rings. The first kappa shape index (κ1) is 13.7. The third kappa shape index (κ3) is 5.66. The van der Waals surface area contributed by atoms with Crippen LogP contribution in [0.5, 0.6) is 0 Å². The van der Waals surface area contributed by atoms with Gasteiger partial charge in [-0.1, -0.05) is 17.3 Å². The summed E-state index contributed by atoms with van der Waals surface area (Å²) < 4.78 is 12.6. The van der Waals surface area contributed by atoms with E-state index in [1.54, 1.807) is 12.1 Å². The van der Waals surface area contributed by atoms with Crippen molar-refractivity contribution in [2.45, 2.75) is 6.42 Å². The van der Waals surface area contributed by atoms with Gasteiger partial charge in [0, 0.05) is 13.0 Å². The summed E-state index contributed by atoms with van der Waals surface area (Å²) in [5.74, 6) is 1.79. The van der Waals surface area contributed by atoms with Crippen molar-refractivity contribution in [3.63, 3.8) is 0 Å². The van der Waals surface area contributed by atoms with Crippen LogP contribution in [0.25, 0.3) is 0 Å². The number of hydrogen-bond acceptors (Lipinski definition) is 3. The van der Waals surface area contributed by atoms with Crippen LogP contribution in [-0.2, 0) is 9.63 Å². The Balaban J connectivity index is 2.23. The fraction of sp³-hybridized carbons (Fsp3) is 0.231. The molecule has 1 N–H and O–H groups in total. The number of carbonyl (C=O) groups excluding carboxylic acids is 1. The normalized spacial score (nSPS) is 10.0. The zero-order valence-electron chi connectivity index (χ0n) is 9.73. The number of benzene rings is 1. The highest BCUT2D eigenvalue weighted by Crippen LogP contribution is 1.99. The Morgan fingerprint density at radius 3 is 2.89 bits per heavy atom. The second kappa shape index (κ2) is 7.85. The molecule has 0 bridgehead atoms. The zero-order valence-corrected chi connectivity index (χ0v) is 9.73. The first-order valence-corrected chi connectivity index (χ1v) is 5.33. The number of rotatable bonds is 6. The van der Waals surface area contributed by atoms with E-state index in [1.807, 2.05) is 0 Å². The number of oxime groups is 1. The van der Waals surface area contributed by atoms with E-state index >= 15 is 0 Å². The lowest BCUT2D eigenvalue weighted by atomic mass is 10.2. The molecule has 0 saturated carbocycles. The SMILES string of the molecule is C#CCCNC(=O)CO/N=C/c1ccc([18F])cc1. The fourth-order valence-corrected chi connectivity index (χ4v) is 1.07. The second-order valence-corrected chi connectivity index (χ2v) is 3.36. The predicted molar refractivity (Wildman–Crippen MR) is 66.4 cm³/mol. The lowest BCUT2D eigenvalue weighted by Gasteiger charge is -2.01. The van der Waals surface area contributed by atoms with Crippen LogP contribution in [-0.4, -0.2) is 25.3 Å². The molecule has 5 heteroatoms. The monoisotopic (exact) mass is 247 g/mol. The summed E-state index contributed by atoms with van der Waals surface area (Å²) in [5.41, 5.74) is 0.684. The van der Waals surface area contributed by atoms with E-state index in [0.717, 1.165) is 0 Å². The van der Waals surface area contributed by atoms with Crippen LogP contribution < -0.4 is 5.32 Å². The highest BCUT2D eigenvalue weighted by molar-refractivity contribution is 5.79. The summed E-state index contributed by atoms with van der Waals surface area (Å²) >= 11 is 0. The van der Waals surface area contributed by atoms with Crippen molar-refractivity contribution in [1.29, 1.82) is 0 Å². The number of nitrogens with one attached hydrogen (secondary N) is 1. The van der Waals surface area contributed by atoms with Crippen molar-refractivity contribution in [1.82, 2.24) is 5.32 Å². The highest BCUT2D eigenvalue weighted by atomic mass is 18.2. The summed E-state index contributed by atoms with van der Waals surface area (Å²) in [4.78, 5) is 15.9. The molecule has 1 amide bonds. The van der Waals surface area contributed by atoms with E-state index < -0.39 is 0 Å². The summed E-state index contributed by atoms with van der Waals surface area (Å²) in [7, 11) is 0. The maximum atomic E-state index is 12.6. The van der Waals surface area contributed by atoms with Gasteiger partial charge in [0.1, 0.15) is 5.82 Å². The molecule has 0 radical (unpaired) electrons. The maximum Gasteiger partial charge on any atom is 0.260 e. The van der Waals surface area contributed by atoms with Gasteiger partial charge in [0.25, 0.3) is 5.91 Å². The summed E-state index contributed by atoms with van der Waals surface area (Å²) in [5, 5.41) is 6.15. The van der Waals surface area contributed by atoms with Crippen molar-refractivity contribution in [3.8, 4) is 12.3 Å². The van der Waals surface area contributed by atoms with Crippen LogP contribution in [0, 0.1) is 18.2 Å². The van der Waals surface area contributed by atoms with Crippen LogP contribution in [0.2, 0.25) is 0 Å². The Kier molecular flexibility index (Phi) is 5.98. The lowest BCUT2D eigenvalue weighted by Crippen LogP contribution is -2.27. The molecule has 0 unspecified atom stereocenters. The predicted octanol–water partition coefficient (Wildman–Crippen LogP) is 1.32. The molecule has 0 aliphatic heterocycles. The molecule has 1 aromatic carbocycles. The van der Waals surface area contributed by atoms with E-state index in [9.17, 15) is 9.18 Å². The minimum atomic E-state index is -0.319. The molecule has 0 aliphatic carbocycles. The van der Waals surface area contributed by atoms with Crippen molar-refractivity contribution < 1.29 is 14.0 Å². The third-order valence-electron chi connectivity index (χ3n) is 1.93. The Morgan fingerprint density at radius 1 is 1.50 bits per heavy atom. The van der Waals surface area contributed by atoms with E-state index in [-0.39, 0.29) is 18.3 Å². The van der Waals surface area contributed by atoms with Crippen LogP contribution in [0.4, 0.5) is 4.39 Å². The Labute approximate surface area is 105 Å². The van der Waals surface area contributed by atoms with Crippen molar-refractivity contribution >= 4 is 12.1 Å². The van der Waals surface area contributed by atoms with Crippen LogP contribution in [0.1, 0.15) is 12.0 Å². The first-order valence-electron chi connectivity index (χ1n) is 5.33. The first-order chi connectivity index (χ1) is 8.72. The molecule has 0 saturated heterocycles. The average molecular weight is 247 g/mol. The van der Waals surface area contributed by atoms with Gasteiger partial charge in [-0.05, 0) is 17.7 Å². The van der Waals surface area contributed by atoms with Crippen molar-refractivity contribution in [2.24, 2.45) is 5.16 Å². The van der Waals surface area contributed by atoms with Crippen molar-refractivity contribution in [3.05, 3.63) is 35.6 Å². The number of nitrogens with zero attached hydrogens (tertiary/aromatic N) is 1. The van der Waals surface area contributed by atoms with Crippen molar-refractivity contribution in [2.75, 3.05) is 13.2 Å². The molecule has 0 atom stereocenters. The maximum absolute atomic E-state index is 12.6. The molecule has 0 aromatic heterocycles. The minimum Gasteiger partial charge on any atom is -0.386 e. The summed E-state index contributed by atoms with van der Waals surface area (Å²) in [6.07, 6.45) is 6.90. The third-order valence-corrected chi connectivity index (χ3v) is 1.93. The summed E-state index contributed by atoms with van der Waals surface area (Å²) in [6, 6.07) is 5.73. The fourth-order valence-electron chi connectivity index (χ4n) is 1.07. The molecule has 1 rings (SSSR count). The lowest BCUT2D eigenvalue weighted by molar-refractivity contribution is -0.125. The Morgan fingerprint density at radius 2 is 2.22 bits per heavy atom. The van der Waals surface area contributed by atoms with Crippen LogP contribution in [0.3, 0.4) is 0 Å². The van der Waals surface area contributed by atoms with E-state index in [2.05, 4.69) is 16.4 Å². The number of carbonyl (C=O) groups is 1. The number of hydrogen-bond donors (Lipinski definition) is 1.